The summed E-state index contributed by atoms with van der Waals surface area (Å²) < 4.78 is 5.50. The third-order valence-corrected chi connectivity index (χ3v) is 5.66. The van der Waals surface area contributed by atoms with E-state index in [-0.39, 0.29) is 5.91 Å². The van der Waals surface area contributed by atoms with Gasteiger partial charge in [-0.05, 0) is 30.7 Å². The van der Waals surface area contributed by atoms with E-state index in [1.807, 2.05) is 37.4 Å². The van der Waals surface area contributed by atoms with Crippen LogP contribution in [0.2, 0.25) is 5.02 Å². The normalized spacial score (nSPS) is 15.3. The topological polar surface area (TPSA) is 36.0 Å². The minimum Gasteiger partial charge on any atom is -0.496 e. The summed E-state index contributed by atoms with van der Waals surface area (Å²) >= 11 is 5.93. The first-order valence-corrected chi connectivity index (χ1v) is 10.4. The molecule has 2 aromatic rings. The van der Waals surface area contributed by atoms with E-state index in [9.17, 15) is 4.79 Å². The zero-order valence-electron chi connectivity index (χ0n) is 17.5. The number of hydrogen-bond acceptors (Lipinski definition) is 4. The molecule has 5 nitrogen and oxygen atoms in total. The number of benzene rings is 2. The van der Waals surface area contributed by atoms with Gasteiger partial charge in [0, 0.05) is 56.9 Å². The summed E-state index contributed by atoms with van der Waals surface area (Å²) in [4.78, 5) is 19.1. The van der Waals surface area contributed by atoms with Gasteiger partial charge in [-0.2, -0.15) is 0 Å². The summed E-state index contributed by atoms with van der Waals surface area (Å²) in [5.41, 5.74) is 3.55. The first-order chi connectivity index (χ1) is 13.9. The molecule has 0 aliphatic carbocycles. The highest BCUT2D eigenvalue weighted by Crippen LogP contribution is 2.22. The molecule has 0 saturated carbocycles. The van der Waals surface area contributed by atoms with Crippen LogP contribution < -0.4 is 4.74 Å². The van der Waals surface area contributed by atoms with Crippen molar-refractivity contribution in [2.45, 2.75) is 20.0 Å². The summed E-state index contributed by atoms with van der Waals surface area (Å²) in [5, 5.41) is 0.712. The van der Waals surface area contributed by atoms with Crippen LogP contribution in [0.15, 0.2) is 42.5 Å². The lowest BCUT2D eigenvalue weighted by atomic mass is 10.1. The second-order valence-corrected chi connectivity index (χ2v) is 8.18. The molecule has 0 aromatic heterocycles. The monoisotopic (exact) mass is 415 g/mol. The van der Waals surface area contributed by atoms with Crippen molar-refractivity contribution in [1.29, 1.82) is 0 Å². The average molecular weight is 416 g/mol. The fourth-order valence-electron chi connectivity index (χ4n) is 3.64. The van der Waals surface area contributed by atoms with Crippen molar-refractivity contribution in [2.75, 3.05) is 46.9 Å². The molecular formula is C23H30ClN3O2. The first kappa shape index (κ1) is 21.6. The highest BCUT2D eigenvalue weighted by atomic mass is 35.5. The van der Waals surface area contributed by atoms with Crippen molar-refractivity contribution in [2.24, 2.45) is 0 Å². The predicted molar refractivity (Wildman–Crippen MR) is 117 cm³/mol. The maximum Gasteiger partial charge on any atom is 0.236 e. The quantitative estimate of drug-likeness (QED) is 0.694. The van der Waals surface area contributed by atoms with Crippen LogP contribution in [0.25, 0.3) is 0 Å². The highest BCUT2D eigenvalue weighted by Gasteiger charge is 2.21. The molecule has 0 atom stereocenters. The van der Waals surface area contributed by atoms with Crippen LogP contribution in [0.5, 0.6) is 5.75 Å². The Kier molecular flexibility index (Phi) is 7.53. The smallest absolute Gasteiger partial charge is 0.236 e. The number of piperazine rings is 1. The van der Waals surface area contributed by atoms with E-state index in [1.54, 1.807) is 12.0 Å². The van der Waals surface area contributed by atoms with Crippen molar-refractivity contribution in [1.82, 2.24) is 14.7 Å². The van der Waals surface area contributed by atoms with Gasteiger partial charge in [-0.1, -0.05) is 41.4 Å². The number of amides is 1. The molecule has 6 heteroatoms. The summed E-state index contributed by atoms with van der Waals surface area (Å²) in [6.45, 7) is 7.74. The van der Waals surface area contributed by atoms with E-state index >= 15 is 0 Å². The molecule has 156 valence electrons. The molecule has 0 radical (unpaired) electrons. The minimum absolute atomic E-state index is 0.147. The molecule has 1 saturated heterocycles. The molecule has 1 fully saturated rings. The lowest BCUT2D eigenvalue weighted by Gasteiger charge is -2.35. The Morgan fingerprint density at radius 2 is 1.72 bits per heavy atom. The van der Waals surface area contributed by atoms with Gasteiger partial charge < -0.3 is 9.64 Å². The summed E-state index contributed by atoms with van der Waals surface area (Å²) in [5.74, 6) is 1.09. The fourth-order valence-corrected chi connectivity index (χ4v) is 3.77. The Bertz CT molecular complexity index is 817. The zero-order chi connectivity index (χ0) is 20.8. The zero-order valence-corrected chi connectivity index (χ0v) is 18.3. The molecule has 0 bridgehead atoms. The molecule has 29 heavy (non-hydrogen) atoms. The van der Waals surface area contributed by atoms with Gasteiger partial charge >= 0.3 is 0 Å². The second kappa shape index (κ2) is 10.1. The van der Waals surface area contributed by atoms with Crippen molar-refractivity contribution in [3.05, 3.63) is 64.2 Å². The maximum absolute atomic E-state index is 12.6. The first-order valence-electron chi connectivity index (χ1n) is 10.0. The number of rotatable bonds is 7. The largest absolute Gasteiger partial charge is 0.496 e. The molecule has 0 unspecified atom stereocenters. The molecule has 1 aliphatic heterocycles. The van der Waals surface area contributed by atoms with Crippen molar-refractivity contribution >= 4 is 17.5 Å². The van der Waals surface area contributed by atoms with Gasteiger partial charge in [0.2, 0.25) is 5.91 Å². The summed E-state index contributed by atoms with van der Waals surface area (Å²) in [6.07, 6.45) is 0. The lowest BCUT2D eigenvalue weighted by Crippen LogP contribution is -2.49. The summed E-state index contributed by atoms with van der Waals surface area (Å²) in [6, 6.07) is 14.0. The van der Waals surface area contributed by atoms with Gasteiger partial charge in [-0.3, -0.25) is 14.6 Å². The van der Waals surface area contributed by atoms with Gasteiger partial charge in [-0.15, -0.1) is 0 Å². The van der Waals surface area contributed by atoms with E-state index in [2.05, 4.69) is 28.9 Å². The Morgan fingerprint density at radius 3 is 2.38 bits per heavy atom. The number of likely N-dealkylation sites (N-methyl/N-ethyl adjacent to an activating group) is 1. The van der Waals surface area contributed by atoms with Crippen LogP contribution in [0.3, 0.4) is 0 Å². The highest BCUT2D eigenvalue weighted by molar-refractivity contribution is 6.30. The Balaban J connectivity index is 1.46. The number of ether oxygens (including phenoxy) is 1. The molecular weight excluding hydrogens is 386 g/mol. The number of carbonyl (C=O) groups excluding carboxylic acids is 1. The van der Waals surface area contributed by atoms with Crippen molar-refractivity contribution in [3.63, 3.8) is 0 Å². The fraction of sp³-hybridized carbons (Fsp3) is 0.435. The maximum atomic E-state index is 12.6. The second-order valence-electron chi connectivity index (χ2n) is 7.74. The summed E-state index contributed by atoms with van der Waals surface area (Å²) in [7, 11) is 3.58. The van der Waals surface area contributed by atoms with E-state index in [1.165, 1.54) is 11.1 Å². The van der Waals surface area contributed by atoms with Gasteiger partial charge in [0.25, 0.3) is 0 Å². The van der Waals surface area contributed by atoms with Gasteiger partial charge in [0.15, 0.2) is 0 Å². The third-order valence-electron chi connectivity index (χ3n) is 5.41. The minimum atomic E-state index is 0.147. The van der Waals surface area contributed by atoms with E-state index < -0.39 is 0 Å². The van der Waals surface area contributed by atoms with Crippen LogP contribution in [-0.2, 0) is 17.9 Å². The molecule has 3 rings (SSSR count). The standard InChI is InChI=1S/C23H30ClN3O2/c1-18-4-9-22(29-3)20(14-18)16-26-10-12-27(13-11-26)17-23(28)25(2)15-19-5-7-21(24)8-6-19/h4-9,14H,10-13,15-17H2,1-3H3. The third kappa shape index (κ3) is 6.20. The number of carbonyl (C=O) groups is 1. The Labute approximate surface area is 178 Å². The molecule has 2 aromatic carbocycles. The van der Waals surface area contributed by atoms with Crippen LogP contribution in [0.1, 0.15) is 16.7 Å². The van der Waals surface area contributed by atoms with Crippen LogP contribution in [0, 0.1) is 6.92 Å². The van der Waals surface area contributed by atoms with Crippen molar-refractivity contribution in [3.8, 4) is 5.75 Å². The Hall–Kier alpha value is -2.08. The van der Waals surface area contributed by atoms with Gasteiger partial charge in [0.1, 0.15) is 5.75 Å². The predicted octanol–water partition coefficient (Wildman–Crippen LogP) is 3.43. The number of methoxy groups -OCH3 is 1. The van der Waals surface area contributed by atoms with Crippen LogP contribution >= 0.6 is 11.6 Å². The molecule has 0 N–H and O–H groups in total. The number of halogens is 1. The van der Waals surface area contributed by atoms with Crippen LogP contribution in [0.4, 0.5) is 0 Å². The number of hydrogen-bond donors (Lipinski definition) is 0. The Morgan fingerprint density at radius 1 is 1.07 bits per heavy atom. The molecule has 1 amide bonds. The van der Waals surface area contributed by atoms with Crippen LogP contribution in [-0.4, -0.2) is 67.5 Å². The van der Waals surface area contributed by atoms with Crippen molar-refractivity contribution < 1.29 is 9.53 Å². The molecule has 1 heterocycles. The molecule has 0 spiro atoms. The van der Waals surface area contributed by atoms with E-state index in [0.717, 1.165) is 44.0 Å². The van der Waals surface area contributed by atoms with Gasteiger partial charge in [0.05, 0.1) is 13.7 Å². The number of aryl methyl sites for hydroxylation is 1. The number of nitrogens with zero attached hydrogens (tertiary/aromatic N) is 3. The SMILES string of the molecule is COc1ccc(C)cc1CN1CCN(CC(=O)N(C)Cc2ccc(Cl)cc2)CC1. The van der Waals surface area contributed by atoms with Gasteiger partial charge in [-0.25, -0.2) is 0 Å². The molecule has 1 aliphatic rings. The average Bonchev–Trinajstić information content (AvgIpc) is 2.71. The van der Waals surface area contributed by atoms with E-state index in [0.29, 0.717) is 18.1 Å². The lowest BCUT2D eigenvalue weighted by molar-refractivity contribution is -0.132. The van der Waals surface area contributed by atoms with E-state index in [4.69, 9.17) is 16.3 Å².